The maximum atomic E-state index is 10.3. The van der Waals surface area contributed by atoms with Crippen molar-refractivity contribution in [3.05, 3.63) is 59.0 Å². The molecule has 17 heavy (non-hydrogen) atoms. The van der Waals surface area contributed by atoms with Gasteiger partial charge in [-0.15, -0.1) is 11.3 Å². The first kappa shape index (κ1) is 9.40. The molecule has 1 heterocycles. The van der Waals surface area contributed by atoms with Crippen LogP contribution in [0.25, 0.3) is 21.2 Å². The van der Waals surface area contributed by atoms with Crippen LogP contribution in [-0.4, -0.2) is 5.11 Å². The minimum atomic E-state index is -0.446. The Morgan fingerprint density at radius 1 is 0.941 bits per heavy atom. The second-order valence-electron chi connectivity index (χ2n) is 4.33. The lowest BCUT2D eigenvalue weighted by Gasteiger charge is -2.03. The lowest BCUT2D eigenvalue weighted by atomic mass is 10.0. The molecule has 1 aliphatic carbocycles. The first-order chi connectivity index (χ1) is 8.36. The van der Waals surface area contributed by atoms with E-state index in [1.807, 2.05) is 24.3 Å². The van der Waals surface area contributed by atoms with Gasteiger partial charge in [-0.2, -0.15) is 0 Å². The first-order valence-electron chi connectivity index (χ1n) is 5.65. The summed E-state index contributed by atoms with van der Waals surface area (Å²) in [7, 11) is 0. The van der Waals surface area contributed by atoms with Crippen LogP contribution in [0.3, 0.4) is 0 Å². The number of benzene rings is 2. The van der Waals surface area contributed by atoms with E-state index in [0.717, 1.165) is 10.4 Å². The molecule has 1 atom stereocenters. The number of thiophene rings is 1. The van der Waals surface area contributed by atoms with E-state index in [0.29, 0.717) is 0 Å². The van der Waals surface area contributed by atoms with Crippen molar-refractivity contribution < 1.29 is 5.11 Å². The number of hydrogen-bond acceptors (Lipinski definition) is 2. The molecule has 0 saturated carbocycles. The second kappa shape index (κ2) is 3.19. The fourth-order valence-electron chi connectivity index (χ4n) is 2.64. The summed E-state index contributed by atoms with van der Waals surface area (Å²) in [5.41, 5.74) is 3.46. The molecule has 3 aromatic rings. The van der Waals surface area contributed by atoms with Crippen LogP contribution in [0.5, 0.6) is 0 Å². The van der Waals surface area contributed by atoms with Gasteiger partial charge in [-0.1, -0.05) is 42.5 Å². The van der Waals surface area contributed by atoms with Gasteiger partial charge >= 0.3 is 0 Å². The number of hydrogen-bond donors (Lipinski definition) is 1. The van der Waals surface area contributed by atoms with Crippen LogP contribution in [0.1, 0.15) is 16.5 Å². The van der Waals surface area contributed by atoms with E-state index >= 15 is 0 Å². The molecule has 1 aromatic heterocycles. The topological polar surface area (TPSA) is 20.2 Å². The van der Waals surface area contributed by atoms with E-state index in [1.165, 1.54) is 21.2 Å². The van der Waals surface area contributed by atoms with Crippen molar-refractivity contribution in [3.63, 3.8) is 0 Å². The Labute approximate surface area is 103 Å². The van der Waals surface area contributed by atoms with Gasteiger partial charge in [0.2, 0.25) is 0 Å². The number of fused-ring (bicyclic) bond motifs is 5. The summed E-state index contributed by atoms with van der Waals surface area (Å²) in [6, 6.07) is 16.5. The molecule has 1 aliphatic rings. The van der Waals surface area contributed by atoms with Crippen LogP contribution >= 0.6 is 11.3 Å². The maximum Gasteiger partial charge on any atom is 0.114 e. The summed E-state index contributed by atoms with van der Waals surface area (Å²) in [5, 5.41) is 11.6. The molecule has 0 fully saturated rings. The predicted octanol–water partition coefficient (Wildman–Crippen LogP) is 3.96. The monoisotopic (exact) mass is 238 g/mol. The number of rotatable bonds is 0. The van der Waals surface area contributed by atoms with Gasteiger partial charge in [-0.05, 0) is 17.2 Å². The summed E-state index contributed by atoms with van der Waals surface area (Å²) in [4.78, 5) is 1.09. The average Bonchev–Trinajstić information content (AvgIpc) is 2.88. The zero-order chi connectivity index (χ0) is 11.4. The SMILES string of the molecule is OC1c2ccccc2-c2c1sc1ccccc21. The molecule has 1 unspecified atom stereocenters. The highest BCUT2D eigenvalue weighted by atomic mass is 32.1. The van der Waals surface area contributed by atoms with Crippen molar-refractivity contribution >= 4 is 21.4 Å². The van der Waals surface area contributed by atoms with E-state index in [4.69, 9.17) is 0 Å². The molecular weight excluding hydrogens is 228 g/mol. The maximum absolute atomic E-state index is 10.3. The summed E-state index contributed by atoms with van der Waals surface area (Å²) in [6.45, 7) is 0. The molecule has 0 radical (unpaired) electrons. The standard InChI is InChI=1S/C15H10OS/c16-14-10-6-2-1-5-9(10)13-11-7-3-4-8-12(11)17-15(13)14/h1-8,14,16H. The van der Waals surface area contributed by atoms with E-state index in [-0.39, 0.29) is 0 Å². The van der Waals surface area contributed by atoms with E-state index < -0.39 is 6.10 Å². The van der Waals surface area contributed by atoms with E-state index in [1.54, 1.807) is 11.3 Å². The molecule has 4 rings (SSSR count). The van der Waals surface area contributed by atoms with Crippen LogP contribution < -0.4 is 0 Å². The summed E-state index contributed by atoms with van der Waals surface area (Å²) < 4.78 is 1.26. The first-order valence-corrected chi connectivity index (χ1v) is 6.46. The van der Waals surface area contributed by atoms with Crippen LogP contribution in [0.4, 0.5) is 0 Å². The van der Waals surface area contributed by atoms with E-state index in [2.05, 4.69) is 24.3 Å². The zero-order valence-electron chi connectivity index (χ0n) is 9.05. The molecule has 2 aromatic carbocycles. The molecule has 82 valence electrons. The predicted molar refractivity (Wildman–Crippen MR) is 71.3 cm³/mol. The zero-order valence-corrected chi connectivity index (χ0v) is 9.87. The smallest absolute Gasteiger partial charge is 0.114 e. The molecule has 2 heteroatoms. The Morgan fingerprint density at radius 3 is 2.65 bits per heavy atom. The molecule has 0 saturated heterocycles. The third-order valence-corrected chi connectivity index (χ3v) is 4.62. The van der Waals surface area contributed by atoms with Gasteiger partial charge in [-0.3, -0.25) is 0 Å². The summed E-state index contributed by atoms with van der Waals surface area (Å²) in [5.74, 6) is 0. The summed E-state index contributed by atoms with van der Waals surface area (Å²) in [6.07, 6.45) is -0.446. The highest BCUT2D eigenvalue weighted by Crippen LogP contribution is 2.51. The largest absolute Gasteiger partial charge is 0.383 e. The van der Waals surface area contributed by atoms with Crippen molar-refractivity contribution in [1.82, 2.24) is 0 Å². The van der Waals surface area contributed by atoms with Crippen LogP contribution in [0.15, 0.2) is 48.5 Å². The highest BCUT2D eigenvalue weighted by molar-refractivity contribution is 7.19. The quantitative estimate of drug-likeness (QED) is 0.628. The van der Waals surface area contributed by atoms with Crippen molar-refractivity contribution in [2.75, 3.05) is 0 Å². The van der Waals surface area contributed by atoms with Gasteiger partial charge in [-0.25, -0.2) is 0 Å². The molecule has 0 bridgehead atoms. The molecule has 0 amide bonds. The molecule has 1 nitrogen and oxygen atoms in total. The van der Waals surface area contributed by atoms with Gasteiger partial charge in [0.15, 0.2) is 0 Å². The van der Waals surface area contributed by atoms with Crippen molar-refractivity contribution in [2.45, 2.75) is 6.10 Å². The van der Waals surface area contributed by atoms with Gasteiger partial charge in [0.05, 0.1) is 0 Å². The molecule has 1 N–H and O–H groups in total. The Bertz CT molecular complexity index is 727. The van der Waals surface area contributed by atoms with Gasteiger partial charge in [0.1, 0.15) is 6.10 Å². The Balaban J connectivity index is 2.18. The lowest BCUT2D eigenvalue weighted by Crippen LogP contribution is -1.90. The normalized spacial score (nSPS) is 17.1. The van der Waals surface area contributed by atoms with Gasteiger partial charge in [0, 0.05) is 20.5 Å². The van der Waals surface area contributed by atoms with Crippen molar-refractivity contribution in [3.8, 4) is 11.1 Å². The van der Waals surface area contributed by atoms with Crippen molar-refractivity contribution in [1.29, 1.82) is 0 Å². The average molecular weight is 238 g/mol. The minimum absolute atomic E-state index is 0.446. The Kier molecular flexibility index (Phi) is 1.76. The Morgan fingerprint density at radius 2 is 1.71 bits per heavy atom. The highest BCUT2D eigenvalue weighted by Gasteiger charge is 2.30. The Hall–Kier alpha value is -1.64. The molecule has 0 spiro atoms. The van der Waals surface area contributed by atoms with Crippen LogP contribution in [0, 0.1) is 0 Å². The molecular formula is C15H10OS. The number of aliphatic hydroxyl groups is 1. The number of aliphatic hydroxyl groups excluding tert-OH is 1. The second-order valence-corrected chi connectivity index (χ2v) is 5.41. The van der Waals surface area contributed by atoms with E-state index in [9.17, 15) is 5.11 Å². The van der Waals surface area contributed by atoms with Crippen molar-refractivity contribution in [2.24, 2.45) is 0 Å². The summed E-state index contributed by atoms with van der Waals surface area (Å²) >= 11 is 1.70. The van der Waals surface area contributed by atoms with Crippen LogP contribution in [0.2, 0.25) is 0 Å². The van der Waals surface area contributed by atoms with Gasteiger partial charge in [0.25, 0.3) is 0 Å². The van der Waals surface area contributed by atoms with Gasteiger partial charge < -0.3 is 5.11 Å². The fourth-order valence-corrected chi connectivity index (χ4v) is 3.86. The molecule has 0 aliphatic heterocycles. The third-order valence-electron chi connectivity index (χ3n) is 3.40. The van der Waals surface area contributed by atoms with Crippen LogP contribution in [-0.2, 0) is 0 Å². The fraction of sp³-hybridized carbons (Fsp3) is 0.0667. The minimum Gasteiger partial charge on any atom is -0.383 e. The third kappa shape index (κ3) is 1.11. The lowest BCUT2D eigenvalue weighted by molar-refractivity contribution is 0.229.